The van der Waals surface area contributed by atoms with Gasteiger partial charge in [-0.25, -0.2) is 14.8 Å². The molecule has 0 aliphatic carbocycles. The number of morpholine rings is 1. The van der Waals surface area contributed by atoms with Gasteiger partial charge in [-0.15, -0.1) is 0 Å². The van der Waals surface area contributed by atoms with E-state index in [0.29, 0.717) is 6.61 Å². The number of ether oxygens (including phenoxy) is 1. The highest BCUT2D eigenvalue weighted by Crippen LogP contribution is 2.19. The lowest BCUT2D eigenvalue weighted by atomic mass is 10.1. The van der Waals surface area contributed by atoms with Crippen LogP contribution in [-0.4, -0.2) is 60.1 Å². The first-order chi connectivity index (χ1) is 11.9. The molecule has 0 radical (unpaired) electrons. The summed E-state index contributed by atoms with van der Waals surface area (Å²) in [6.45, 7) is 4.56. The van der Waals surface area contributed by atoms with Crippen LogP contribution in [0.4, 0.5) is 19.0 Å². The van der Waals surface area contributed by atoms with Crippen molar-refractivity contribution in [3.63, 3.8) is 0 Å². The second-order valence-electron chi connectivity index (χ2n) is 5.71. The summed E-state index contributed by atoms with van der Waals surface area (Å²) >= 11 is 0. The minimum absolute atomic E-state index is 0.142. The van der Waals surface area contributed by atoms with Crippen molar-refractivity contribution in [3.8, 4) is 0 Å². The highest BCUT2D eigenvalue weighted by atomic mass is 19.4. The summed E-state index contributed by atoms with van der Waals surface area (Å²) in [5.41, 5.74) is 0. The van der Waals surface area contributed by atoms with Gasteiger partial charge < -0.3 is 20.1 Å². The van der Waals surface area contributed by atoms with E-state index in [0.717, 1.165) is 37.9 Å². The Morgan fingerprint density at radius 1 is 1.32 bits per heavy atom. The summed E-state index contributed by atoms with van der Waals surface area (Å²) < 4.78 is 37.2. The summed E-state index contributed by atoms with van der Waals surface area (Å²) in [6.07, 6.45) is 0.656. The Morgan fingerprint density at radius 2 is 2.00 bits per heavy atom. The number of hydrogen-bond donors (Lipinski definition) is 2. The van der Waals surface area contributed by atoms with Crippen molar-refractivity contribution < 1.29 is 27.8 Å². The van der Waals surface area contributed by atoms with Gasteiger partial charge in [0.25, 0.3) is 0 Å². The Kier molecular flexibility index (Phi) is 6.94. The zero-order chi connectivity index (χ0) is 18.3. The Bertz CT molecular complexity index is 526. The lowest BCUT2D eigenvalue weighted by Gasteiger charge is -2.29. The molecular weight excluding hydrogens is 341 g/mol. The van der Waals surface area contributed by atoms with E-state index >= 15 is 0 Å². The van der Waals surface area contributed by atoms with Crippen LogP contribution in [0.5, 0.6) is 0 Å². The fraction of sp³-hybridized carbons (Fsp3) is 0.667. The van der Waals surface area contributed by atoms with Crippen molar-refractivity contribution in [1.82, 2.24) is 15.3 Å². The van der Waals surface area contributed by atoms with Gasteiger partial charge in [-0.2, -0.15) is 13.2 Å². The van der Waals surface area contributed by atoms with E-state index in [-0.39, 0.29) is 6.04 Å². The molecule has 1 unspecified atom stereocenters. The normalized spacial score (nSPS) is 21.2. The molecule has 1 aromatic heterocycles. The lowest BCUT2D eigenvalue weighted by Crippen LogP contribution is -2.36. The van der Waals surface area contributed by atoms with Gasteiger partial charge in [-0.05, 0) is 25.3 Å². The largest absolute Gasteiger partial charge is 0.490 e. The molecule has 3 heterocycles. The van der Waals surface area contributed by atoms with Crippen LogP contribution in [0, 0.1) is 0 Å². The summed E-state index contributed by atoms with van der Waals surface area (Å²) in [6, 6.07) is 2.15. The van der Waals surface area contributed by atoms with Crippen LogP contribution in [0.3, 0.4) is 0 Å². The zero-order valence-electron chi connectivity index (χ0n) is 13.6. The number of rotatable bonds is 2. The smallest absolute Gasteiger partial charge is 0.475 e. The van der Waals surface area contributed by atoms with Crippen LogP contribution in [0.1, 0.15) is 31.1 Å². The van der Waals surface area contributed by atoms with E-state index < -0.39 is 12.1 Å². The molecule has 0 spiro atoms. The lowest BCUT2D eigenvalue weighted by molar-refractivity contribution is -0.192. The predicted molar refractivity (Wildman–Crippen MR) is 83.3 cm³/mol. The number of carboxylic acid groups (broad SMARTS) is 1. The minimum Gasteiger partial charge on any atom is -0.475 e. The third-order valence-electron chi connectivity index (χ3n) is 3.82. The van der Waals surface area contributed by atoms with Gasteiger partial charge in [-0.3, -0.25) is 0 Å². The average molecular weight is 362 g/mol. The molecule has 0 aromatic carbocycles. The maximum absolute atomic E-state index is 10.6. The first-order valence-corrected chi connectivity index (χ1v) is 8.07. The summed E-state index contributed by atoms with van der Waals surface area (Å²) in [4.78, 5) is 20.3. The van der Waals surface area contributed by atoms with E-state index in [4.69, 9.17) is 19.6 Å². The Hall–Kier alpha value is -1.94. The highest BCUT2D eigenvalue weighted by Gasteiger charge is 2.38. The van der Waals surface area contributed by atoms with Crippen LogP contribution in [0.2, 0.25) is 0 Å². The fourth-order valence-corrected chi connectivity index (χ4v) is 2.56. The number of carbonyl (C=O) groups is 1. The van der Waals surface area contributed by atoms with E-state index in [1.165, 1.54) is 19.3 Å². The standard InChI is InChI=1S/C13H20N4O.C2HF3O2/c1-2-7-17(8-3-1)12-4-5-15-13(16-12)11-10-18-9-6-14-11;3-2(4,5)1(6)7/h4-5,11,14H,1-3,6-10H2;(H,6,7). The molecule has 0 amide bonds. The molecule has 2 saturated heterocycles. The van der Waals surface area contributed by atoms with Gasteiger partial charge >= 0.3 is 12.1 Å². The topological polar surface area (TPSA) is 87.6 Å². The number of hydrogen-bond acceptors (Lipinski definition) is 6. The molecule has 140 valence electrons. The van der Waals surface area contributed by atoms with Gasteiger partial charge in [0.05, 0.1) is 19.3 Å². The van der Waals surface area contributed by atoms with Crippen LogP contribution >= 0.6 is 0 Å². The van der Waals surface area contributed by atoms with Gasteiger partial charge in [0.2, 0.25) is 0 Å². The van der Waals surface area contributed by atoms with Crippen LogP contribution < -0.4 is 10.2 Å². The molecule has 7 nitrogen and oxygen atoms in total. The number of alkyl halides is 3. The summed E-state index contributed by atoms with van der Waals surface area (Å²) in [5, 5.41) is 10.5. The number of piperidine rings is 1. The van der Waals surface area contributed by atoms with Crippen molar-refractivity contribution >= 4 is 11.8 Å². The first-order valence-electron chi connectivity index (χ1n) is 8.07. The Labute approximate surface area is 143 Å². The van der Waals surface area contributed by atoms with Gasteiger partial charge in [-0.1, -0.05) is 0 Å². The zero-order valence-corrected chi connectivity index (χ0v) is 13.6. The minimum atomic E-state index is -5.08. The Balaban J connectivity index is 0.000000277. The van der Waals surface area contributed by atoms with E-state index in [1.54, 1.807) is 0 Å². The number of aliphatic carboxylic acids is 1. The maximum atomic E-state index is 10.6. The third kappa shape index (κ3) is 6.13. The molecule has 1 aromatic rings. The fourth-order valence-electron chi connectivity index (χ4n) is 2.56. The van der Waals surface area contributed by atoms with Gasteiger partial charge in [0, 0.05) is 25.8 Å². The predicted octanol–water partition coefficient (Wildman–Crippen LogP) is 1.76. The van der Waals surface area contributed by atoms with Crippen molar-refractivity contribution in [2.24, 2.45) is 0 Å². The van der Waals surface area contributed by atoms with E-state index in [9.17, 15) is 13.2 Å². The molecule has 0 saturated carbocycles. The molecule has 10 heteroatoms. The van der Waals surface area contributed by atoms with Crippen LogP contribution in [0.15, 0.2) is 12.3 Å². The number of nitrogens with one attached hydrogen (secondary N) is 1. The molecule has 25 heavy (non-hydrogen) atoms. The molecule has 3 rings (SSSR count). The van der Waals surface area contributed by atoms with Crippen molar-refractivity contribution in [1.29, 1.82) is 0 Å². The second-order valence-corrected chi connectivity index (χ2v) is 5.71. The maximum Gasteiger partial charge on any atom is 0.490 e. The number of anilines is 1. The van der Waals surface area contributed by atoms with E-state index in [1.807, 2.05) is 12.3 Å². The monoisotopic (exact) mass is 362 g/mol. The molecule has 1 atom stereocenters. The third-order valence-corrected chi connectivity index (χ3v) is 3.82. The Morgan fingerprint density at radius 3 is 2.56 bits per heavy atom. The number of aromatic nitrogens is 2. The summed E-state index contributed by atoms with van der Waals surface area (Å²) in [7, 11) is 0. The van der Waals surface area contributed by atoms with E-state index in [2.05, 4.69) is 15.2 Å². The van der Waals surface area contributed by atoms with Gasteiger partial charge in [0.1, 0.15) is 11.6 Å². The van der Waals surface area contributed by atoms with Crippen LogP contribution in [-0.2, 0) is 9.53 Å². The molecule has 2 fully saturated rings. The number of halogens is 3. The van der Waals surface area contributed by atoms with Crippen LogP contribution in [0.25, 0.3) is 0 Å². The number of nitrogens with zero attached hydrogens (tertiary/aromatic N) is 3. The molecule has 0 bridgehead atoms. The second kappa shape index (κ2) is 8.95. The average Bonchev–Trinajstić information content (AvgIpc) is 2.63. The summed E-state index contributed by atoms with van der Waals surface area (Å²) in [5.74, 6) is -0.836. The highest BCUT2D eigenvalue weighted by molar-refractivity contribution is 5.73. The molecule has 2 aliphatic rings. The van der Waals surface area contributed by atoms with Crippen molar-refractivity contribution in [2.75, 3.05) is 37.7 Å². The SMILES string of the molecule is O=C(O)C(F)(F)F.c1cc(N2CCCCC2)nc(C2COCCN2)n1. The quantitative estimate of drug-likeness (QED) is 0.829. The first kappa shape index (κ1) is 19.4. The van der Waals surface area contributed by atoms with Crippen molar-refractivity contribution in [2.45, 2.75) is 31.5 Å². The van der Waals surface area contributed by atoms with Gasteiger partial charge in [0.15, 0.2) is 0 Å². The van der Waals surface area contributed by atoms with Crippen molar-refractivity contribution in [3.05, 3.63) is 18.1 Å². The number of carboxylic acids is 1. The molecular formula is C15H21F3N4O3. The molecule has 2 aliphatic heterocycles. The molecule has 2 N–H and O–H groups in total.